The zero-order valence-electron chi connectivity index (χ0n) is 14.4. The van der Waals surface area contributed by atoms with Crippen LogP contribution < -0.4 is 10.2 Å². The molecule has 2 N–H and O–H groups in total. The van der Waals surface area contributed by atoms with Crippen molar-refractivity contribution in [1.29, 1.82) is 0 Å². The summed E-state index contributed by atoms with van der Waals surface area (Å²) in [5.41, 5.74) is 0.170. The lowest BCUT2D eigenvalue weighted by molar-refractivity contribution is -0.910. The molecule has 0 radical (unpaired) electrons. The summed E-state index contributed by atoms with van der Waals surface area (Å²) in [6.07, 6.45) is 10.6. The van der Waals surface area contributed by atoms with E-state index in [1.54, 1.807) is 0 Å². The van der Waals surface area contributed by atoms with Crippen molar-refractivity contribution in [3.05, 3.63) is 22.4 Å². The van der Waals surface area contributed by atoms with Gasteiger partial charge in [0.05, 0.1) is 11.4 Å². The normalized spacial score (nSPS) is 43.2. The van der Waals surface area contributed by atoms with E-state index in [0.29, 0.717) is 18.5 Å². The molecular formula is C20H29N2OS+. The van der Waals surface area contributed by atoms with Crippen molar-refractivity contribution >= 4 is 17.2 Å². The predicted molar refractivity (Wildman–Crippen MR) is 96.0 cm³/mol. The van der Waals surface area contributed by atoms with E-state index < -0.39 is 0 Å². The third-order valence-corrected chi connectivity index (χ3v) is 8.19. The number of rotatable bonds is 4. The van der Waals surface area contributed by atoms with E-state index >= 15 is 0 Å². The van der Waals surface area contributed by atoms with Crippen LogP contribution >= 0.6 is 11.3 Å². The number of carbonyl (C=O) groups excluding carboxylic acids is 1. The van der Waals surface area contributed by atoms with Gasteiger partial charge in [-0.25, -0.2) is 0 Å². The van der Waals surface area contributed by atoms with Gasteiger partial charge in [-0.15, -0.1) is 11.3 Å². The Hall–Kier alpha value is -0.870. The first-order valence-corrected chi connectivity index (χ1v) is 10.8. The molecule has 5 fully saturated rings. The maximum atomic E-state index is 12.9. The molecule has 4 bridgehead atoms. The van der Waals surface area contributed by atoms with Gasteiger partial charge in [0.1, 0.15) is 6.04 Å². The number of thiophene rings is 1. The summed E-state index contributed by atoms with van der Waals surface area (Å²) in [4.78, 5) is 15.8. The van der Waals surface area contributed by atoms with Gasteiger partial charge < -0.3 is 10.2 Å². The van der Waals surface area contributed by atoms with Crippen molar-refractivity contribution in [2.45, 2.75) is 62.9 Å². The van der Waals surface area contributed by atoms with E-state index in [1.807, 2.05) is 11.3 Å². The lowest BCUT2D eigenvalue weighted by Gasteiger charge is -2.56. The first-order valence-electron chi connectivity index (χ1n) is 9.88. The van der Waals surface area contributed by atoms with E-state index in [1.165, 1.54) is 61.1 Å². The van der Waals surface area contributed by atoms with E-state index in [-0.39, 0.29) is 5.54 Å². The fourth-order valence-electron chi connectivity index (χ4n) is 6.77. The Balaban J connectivity index is 1.25. The zero-order chi connectivity index (χ0) is 16.1. The van der Waals surface area contributed by atoms with Crippen molar-refractivity contribution in [3.63, 3.8) is 0 Å². The van der Waals surface area contributed by atoms with E-state index in [0.717, 1.165) is 24.3 Å². The molecule has 1 aromatic rings. The Morgan fingerprint density at radius 1 is 1.21 bits per heavy atom. The molecule has 1 saturated heterocycles. The molecule has 1 aromatic heterocycles. The van der Waals surface area contributed by atoms with Gasteiger partial charge in [0.25, 0.3) is 5.91 Å². The zero-order valence-corrected chi connectivity index (χ0v) is 15.2. The average Bonchev–Trinajstić information content (AvgIpc) is 3.15. The van der Waals surface area contributed by atoms with E-state index in [2.05, 4.69) is 22.8 Å². The van der Waals surface area contributed by atoms with Crippen LogP contribution in [-0.2, 0) is 4.79 Å². The second-order valence-electron chi connectivity index (χ2n) is 9.04. The number of likely N-dealkylation sites (tertiary alicyclic amines) is 1. The topological polar surface area (TPSA) is 33.5 Å². The number of amides is 1. The Kier molecular flexibility index (Phi) is 3.75. The summed E-state index contributed by atoms with van der Waals surface area (Å²) in [6.45, 7) is 1.82. The highest BCUT2D eigenvalue weighted by molar-refractivity contribution is 7.10. The molecule has 4 heteroatoms. The molecule has 3 nitrogen and oxygen atoms in total. The van der Waals surface area contributed by atoms with E-state index in [4.69, 9.17) is 0 Å². The first-order chi connectivity index (χ1) is 11.7. The maximum absolute atomic E-state index is 12.9. The summed E-state index contributed by atoms with van der Waals surface area (Å²) in [6, 6.07) is 4.94. The van der Waals surface area contributed by atoms with Crippen LogP contribution in [-0.4, -0.2) is 24.5 Å². The van der Waals surface area contributed by atoms with Crippen LogP contribution in [0.25, 0.3) is 0 Å². The quantitative estimate of drug-likeness (QED) is 0.864. The number of hydrogen-bond donors (Lipinski definition) is 2. The average molecular weight is 346 g/mol. The molecule has 1 aliphatic heterocycles. The molecule has 2 heterocycles. The lowest BCUT2D eigenvalue weighted by atomic mass is 9.53. The van der Waals surface area contributed by atoms with Gasteiger partial charge in [0, 0.05) is 18.4 Å². The predicted octanol–water partition coefficient (Wildman–Crippen LogP) is 2.55. The van der Waals surface area contributed by atoms with Crippen LogP contribution in [0.5, 0.6) is 0 Å². The summed E-state index contributed by atoms with van der Waals surface area (Å²) in [5.74, 6) is 3.01. The fraction of sp³-hybridized carbons (Fsp3) is 0.750. The number of carbonyl (C=O) groups is 1. The molecule has 6 rings (SSSR count). The van der Waals surface area contributed by atoms with Gasteiger partial charge >= 0.3 is 0 Å². The van der Waals surface area contributed by atoms with Crippen LogP contribution in [0.15, 0.2) is 17.5 Å². The number of quaternary nitrogens is 1. The highest BCUT2D eigenvalue weighted by Gasteiger charge is 2.51. The van der Waals surface area contributed by atoms with Crippen LogP contribution in [0, 0.1) is 17.8 Å². The summed E-state index contributed by atoms with van der Waals surface area (Å²) >= 11 is 1.85. The Morgan fingerprint density at radius 2 is 1.92 bits per heavy atom. The Bertz CT molecular complexity index is 576. The summed E-state index contributed by atoms with van der Waals surface area (Å²) in [5, 5.41) is 5.73. The largest absolute Gasteiger partial charge is 0.346 e. The van der Waals surface area contributed by atoms with Gasteiger partial charge in [0.15, 0.2) is 6.54 Å². The second kappa shape index (κ2) is 5.84. The second-order valence-corrected chi connectivity index (χ2v) is 10.0. The van der Waals surface area contributed by atoms with Gasteiger partial charge in [0.2, 0.25) is 0 Å². The molecule has 24 heavy (non-hydrogen) atoms. The minimum Gasteiger partial charge on any atom is -0.346 e. The molecule has 1 unspecified atom stereocenters. The Labute approximate surface area is 148 Å². The smallest absolute Gasteiger partial charge is 0.275 e. The molecule has 4 saturated carbocycles. The van der Waals surface area contributed by atoms with Gasteiger partial charge in [-0.3, -0.25) is 4.79 Å². The Morgan fingerprint density at radius 3 is 2.54 bits per heavy atom. The monoisotopic (exact) mass is 345 g/mol. The highest BCUT2D eigenvalue weighted by atomic mass is 32.1. The molecule has 0 spiro atoms. The van der Waals surface area contributed by atoms with Crippen molar-refractivity contribution in [1.82, 2.24) is 5.32 Å². The van der Waals surface area contributed by atoms with Crippen LogP contribution in [0.4, 0.5) is 0 Å². The van der Waals surface area contributed by atoms with Crippen molar-refractivity contribution in [2.75, 3.05) is 13.1 Å². The third-order valence-electron chi connectivity index (χ3n) is 7.20. The van der Waals surface area contributed by atoms with Gasteiger partial charge in [-0.2, -0.15) is 0 Å². The standard InChI is InChI=1S/C20H28N2OS/c23-19(13-22-5-1-3-17(22)18-4-2-6-24-18)21-20-10-14-7-15(11-20)9-16(8-14)12-20/h2,4,6,14-17H,1,3,5,7-13H2,(H,21,23)/p+1/t14?,15?,16?,17-,20?/m0/s1. The van der Waals surface area contributed by atoms with Crippen LogP contribution in [0.2, 0.25) is 0 Å². The molecule has 2 atom stereocenters. The number of hydrogen-bond acceptors (Lipinski definition) is 2. The maximum Gasteiger partial charge on any atom is 0.275 e. The van der Waals surface area contributed by atoms with Crippen molar-refractivity contribution in [2.24, 2.45) is 17.8 Å². The van der Waals surface area contributed by atoms with Crippen molar-refractivity contribution in [3.8, 4) is 0 Å². The molecular weight excluding hydrogens is 316 g/mol. The molecule has 1 amide bonds. The highest BCUT2D eigenvalue weighted by Crippen LogP contribution is 2.55. The molecule has 4 aliphatic carbocycles. The van der Waals surface area contributed by atoms with Crippen LogP contribution in [0.3, 0.4) is 0 Å². The minimum atomic E-state index is 0.170. The summed E-state index contributed by atoms with van der Waals surface area (Å²) < 4.78 is 0. The van der Waals surface area contributed by atoms with Crippen molar-refractivity contribution < 1.29 is 9.69 Å². The molecule has 0 aromatic carbocycles. The van der Waals surface area contributed by atoms with Crippen LogP contribution in [0.1, 0.15) is 62.3 Å². The summed E-state index contributed by atoms with van der Waals surface area (Å²) in [7, 11) is 0. The minimum absolute atomic E-state index is 0.170. The number of nitrogens with one attached hydrogen (secondary N) is 2. The lowest BCUT2D eigenvalue weighted by Crippen LogP contribution is -3.11. The third kappa shape index (κ3) is 2.72. The SMILES string of the molecule is O=C(C[NH+]1CCC[C@H]1c1cccs1)NC12CC3CC(CC(C3)C1)C2. The van der Waals surface area contributed by atoms with E-state index in [9.17, 15) is 4.79 Å². The molecule has 5 aliphatic rings. The van der Waals surface area contributed by atoms with Gasteiger partial charge in [-0.05, 0) is 67.7 Å². The molecule has 130 valence electrons. The first kappa shape index (κ1) is 15.4. The van der Waals surface area contributed by atoms with Gasteiger partial charge in [-0.1, -0.05) is 6.07 Å². The fourth-order valence-corrected chi connectivity index (χ4v) is 7.69.